The molecule has 4 rings (SSSR count). The number of nitrogens with one attached hydrogen (secondary N) is 1. The first-order chi connectivity index (χ1) is 15.2. The fraction of sp³-hybridized carbons (Fsp3) is 0.538. The highest BCUT2D eigenvalue weighted by Crippen LogP contribution is 2.32. The van der Waals surface area contributed by atoms with Crippen LogP contribution in [0.25, 0.3) is 0 Å². The molecular formula is C26H35N3O2. The number of aromatic nitrogens is 1. The van der Waals surface area contributed by atoms with Crippen molar-refractivity contribution in [3.05, 3.63) is 59.9 Å². The first-order valence-electron chi connectivity index (χ1n) is 11.8. The molecule has 2 fully saturated rings. The van der Waals surface area contributed by atoms with E-state index in [1.54, 1.807) is 7.11 Å². The molecule has 1 N–H and O–H groups in total. The van der Waals surface area contributed by atoms with Crippen LogP contribution in [0.15, 0.2) is 48.7 Å². The monoisotopic (exact) mass is 421 g/mol. The van der Waals surface area contributed by atoms with Gasteiger partial charge in [-0.1, -0.05) is 37.1 Å². The Morgan fingerprint density at radius 1 is 1.10 bits per heavy atom. The second-order valence-corrected chi connectivity index (χ2v) is 9.08. The van der Waals surface area contributed by atoms with Gasteiger partial charge in [0.25, 0.3) is 0 Å². The van der Waals surface area contributed by atoms with Gasteiger partial charge in [-0.25, -0.2) is 0 Å². The normalized spacial score (nSPS) is 19.3. The molecule has 0 bridgehead atoms. The zero-order valence-corrected chi connectivity index (χ0v) is 18.6. The molecule has 31 heavy (non-hydrogen) atoms. The summed E-state index contributed by atoms with van der Waals surface area (Å²) < 4.78 is 5.52. The zero-order valence-electron chi connectivity index (χ0n) is 18.6. The Morgan fingerprint density at radius 3 is 2.55 bits per heavy atom. The fourth-order valence-electron chi connectivity index (χ4n) is 5.22. The molecular weight excluding hydrogens is 386 g/mol. The van der Waals surface area contributed by atoms with Crippen LogP contribution in [0.1, 0.15) is 62.2 Å². The summed E-state index contributed by atoms with van der Waals surface area (Å²) >= 11 is 0. The number of rotatable bonds is 8. The summed E-state index contributed by atoms with van der Waals surface area (Å²) in [5.41, 5.74) is 2.22. The minimum Gasteiger partial charge on any atom is -0.496 e. The number of para-hydroxylation sites is 1. The van der Waals surface area contributed by atoms with Crippen molar-refractivity contribution in [3.8, 4) is 5.75 Å². The number of nitrogens with zero attached hydrogens (tertiary/aromatic N) is 2. The predicted octanol–water partition coefficient (Wildman–Crippen LogP) is 4.74. The van der Waals surface area contributed by atoms with E-state index in [-0.39, 0.29) is 11.9 Å². The number of pyridine rings is 1. The molecule has 5 heteroatoms. The van der Waals surface area contributed by atoms with Gasteiger partial charge in [0.2, 0.25) is 5.91 Å². The number of benzene rings is 1. The lowest BCUT2D eigenvalue weighted by molar-refractivity contribution is -0.123. The molecule has 1 saturated heterocycles. The molecule has 1 aromatic carbocycles. The molecule has 1 unspecified atom stereocenters. The van der Waals surface area contributed by atoms with Gasteiger partial charge in [0, 0.05) is 24.7 Å². The molecule has 166 valence electrons. The minimum atomic E-state index is 0.00325. The van der Waals surface area contributed by atoms with Crippen molar-refractivity contribution in [2.45, 2.75) is 57.5 Å². The Hall–Kier alpha value is -2.40. The van der Waals surface area contributed by atoms with Crippen molar-refractivity contribution in [2.75, 3.05) is 20.2 Å². The summed E-state index contributed by atoms with van der Waals surface area (Å²) in [5.74, 6) is 2.12. The summed E-state index contributed by atoms with van der Waals surface area (Å²) in [6.07, 6.45) is 9.54. The van der Waals surface area contributed by atoms with Gasteiger partial charge in [0.05, 0.1) is 18.8 Å². The number of amides is 1. The van der Waals surface area contributed by atoms with Gasteiger partial charge in [0.15, 0.2) is 0 Å². The van der Waals surface area contributed by atoms with Gasteiger partial charge in [-0.05, 0) is 68.8 Å². The van der Waals surface area contributed by atoms with E-state index in [2.05, 4.69) is 33.4 Å². The first kappa shape index (κ1) is 21.8. The molecule has 1 saturated carbocycles. The highest BCUT2D eigenvalue weighted by molar-refractivity contribution is 5.76. The van der Waals surface area contributed by atoms with Gasteiger partial charge in [-0.15, -0.1) is 0 Å². The van der Waals surface area contributed by atoms with Crippen molar-refractivity contribution in [3.63, 3.8) is 0 Å². The van der Waals surface area contributed by atoms with Crippen LogP contribution in [0.4, 0.5) is 0 Å². The van der Waals surface area contributed by atoms with Crippen LogP contribution in [0.3, 0.4) is 0 Å². The lowest BCUT2D eigenvalue weighted by Gasteiger charge is -2.36. The average molecular weight is 422 g/mol. The van der Waals surface area contributed by atoms with E-state index < -0.39 is 0 Å². The van der Waals surface area contributed by atoms with Crippen LogP contribution in [0.5, 0.6) is 5.75 Å². The van der Waals surface area contributed by atoms with Crippen LogP contribution in [-0.4, -0.2) is 36.0 Å². The van der Waals surface area contributed by atoms with Crippen LogP contribution in [0, 0.1) is 11.8 Å². The van der Waals surface area contributed by atoms with Crippen LogP contribution < -0.4 is 10.1 Å². The van der Waals surface area contributed by atoms with Gasteiger partial charge in [-0.3, -0.25) is 14.7 Å². The Labute approximate surface area is 186 Å². The fourth-order valence-corrected chi connectivity index (χ4v) is 5.22. The largest absolute Gasteiger partial charge is 0.496 e. The third-order valence-corrected chi connectivity index (χ3v) is 6.96. The van der Waals surface area contributed by atoms with Crippen molar-refractivity contribution in [2.24, 2.45) is 11.8 Å². The summed E-state index contributed by atoms with van der Waals surface area (Å²) in [4.78, 5) is 19.9. The third kappa shape index (κ3) is 5.85. The van der Waals surface area contributed by atoms with Crippen molar-refractivity contribution in [1.82, 2.24) is 15.2 Å². The lowest BCUT2D eigenvalue weighted by atomic mass is 9.86. The number of hydrogen-bond donors (Lipinski definition) is 1. The van der Waals surface area contributed by atoms with Gasteiger partial charge >= 0.3 is 0 Å². The second-order valence-electron chi connectivity index (χ2n) is 9.08. The summed E-state index contributed by atoms with van der Waals surface area (Å²) in [6.45, 7) is 2.94. The highest BCUT2D eigenvalue weighted by Gasteiger charge is 2.30. The minimum absolute atomic E-state index is 0.00325. The molecule has 1 amide bonds. The number of ether oxygens (including phenoxy) is 1. The molecule has 1 atom stereocenters. The van der Waals surface area contributed by atoms with Crippen LogP contribution in [-0.2, 0) is 11.3 Å². The number of likely N-dealkylation sites (tertiary alicyclic amines) is 1. The van der Waals surface area contributed by atoms with Crippen LogP contribution in [0.2, 0.25) is 0 Å². The number of piperidine rings is 1. The summed E-state index contributed by atoms with van der Waals surface area (Å²) in [7, 11) is 1.73. The Morgan fingerprint density at radius 2 is 1.84 bits per heavy atom. The van der Waals surface area contributed by atoms with E-state index in [0.29, 0.717) is 18.3 Å². The van der Waals surface area contributed by atoms with Crippen molar-refractivity contribution >= 4 is 5.91 Å². The molecule has 2 aromatic rings. The maximum Gasteiger partial charge on any atom is 0.220 e. The molecule has 1 aliphatic carbocycles. The average Bonchev–Trinajstić information content (AvgIpc) is 3.32. The van der Waals surface area contributed by atoms with Crippen LogP contribution >= 0.6 is 0 Å². The van der Waals surface area contributed by atoms with E-state index in [9.17, 15) is 4.79 Å². The molecule has 2 aliphatic rings. The van der Waals surface area contributed by atoms with E-state index in [4.69, 9.17) is 4.74 Å². The quantitative estimate of drug-likeness (QED) is 0.669. The molecule has 1 aliphatic heterocycles. The predicted molar refractivity (Wildman–Crippen MR) is 123 cm³/mol. The van der Waals surface area contributed by atoms with Crippen molar-refractivity contribution < 1.29 is 9.53 Å². The molecule has 2 heterocycles. The Balaban J connectivity index is 1.38. The Kier molecular flexibility index (Phi) is 7.57. The second kappa shape index (κ2) is 10.8. The molecule has 5 nitrogen and oxygen atoms in total. The zero-order chi connectivity index (χ0) is 21.5. The van der Waals surface area contributed by atoms with Gasteiger partial charge in [-0.2, -0.15) is 0 Å². The molecule has 1 aromatic heterocycles. The van der Waals surface area contributed by atoms with Crippen molar-refractivity contribution in [1.29, 1.82) is 0 Å². The standard InChI is InChI=1S/C26H35N3O2/c1-31-24-12-5-4-10-22(24)19-29-16-13-21(14-17-29)26(23-11-6-7-15-27-23)28-25(30)18-20-8-2-3-9-20/h4-7,10-12,15,20-21,26H,2-3,8-9,13-14,16-19H2,1H3,(H,28,30). The van der Waals surface area contributed by atoms with E-state index in [1.165, 1.54) is 31.2 Å². The number of carbonyl (C=O) groups excluding carboxylic acids is 1. The molecule has 0 spiro atoms. The lowest BCUT2D eigenvalue weighted by Crippen LogP contribution is -2.41. The maximum atomic E-state index is 12.8. The number of hydrogen-bond acceptors (Lipinski definition) is 4. The van der Waals surface area contributed by atoms with E-state index in [1.807, 2.05) is 30.5 Å². The first-order valence-corrected chi connectivity index (χ1v) is 11.8. The SMILES string of the molecule is COc1ccccc1CN1CCC(C(NC(=O)CC2CCCC2)c2ccccn2)CC1. The summed E-state index contributed by atoms with van der Waals surface area (Å²) in [6, 6.07) is 14.3. The number of methoxy groups -OCH3 is 1. The third-order valence-electron chi connectivity index (χ3n) is 6.96. The van der Waals surface area contributed by atoms with Gasteiger partial charge < -0.3 is 10.1 Å². The summed E-state index contributed by atoms with van der Waals surface area (Å²) in [5, 5.41) is 3.37. The smallest absolute Gasteiger partial charge is 0.220 e. The van der Waals surface area contributed by atoms with E-state index in [0.717, 1.165) is 43.9 Å². The van der Waals surface area contributed by atoms with Gasteiger partial charge in [0.1, 0.15) is 5.75 Å². The maximum absolute atomic E-state index is 12.8. The Bertz CT molecular complexity index is 828. The number of carbonyl (C=O) groups is 1. The highest BCUT2D eigenvalue weighted by atomic mass is 16.5. The molecule has 0 radical (unpaired) electrons. The topological polar surface area (TPSA) is 54.5 Å². The van der Waals surface area contributed by atoms with E-state index >= 15 is 0 Å².